The summed E-state index contributed by atoms with van der Waals surface area (Å²) >= 11 is 0. The minimum atomic E-state index is -0.532. The van der Waals surface area contributed by atoms with Crippen molar-refractivity contribution >= 4 is 17.3 Å². The molecule has 0 spiro atoms. The van der Waals surface area contributed by atoms with Crippen LogP contribution >= 0.6 is 0 Å². The number of piperidine rings is 1. The molecular formula is C27H26F2N6O. The third-order valence-electron chi connectivity index (χ3n) is 7.91. The standard InChI is InChI=1S/C27H26F2N6O/c1-17-16-33(10-11-36-17)24-5-2-18(14-30-24)21-15-31-35-9-7-25(32-26(21)35)34-8-6-19-13-27(19,34)22-12-20(28)3-4-23(22)29/h2-5,7,9,12,14-15,17,19H,6,8,10-11,13,16H2,1H3/t17?,19-,27+/m0/s1. The number of rotatable bonds is 4. The largest absolute Gasteiger partial charge is 0.375 e. The van der Waals surface area contributed by atoms with Crippen LogP contribution in [0.2, 0.25) is 0 Å². The van der Waals surface area contributed by atoms with Crippen molar-refractivity contribution in [1.82, 2.24) is 19.6 Å². The Hall–Kier alpha value is -3.59. The van der Waals surface area contributed by atoms with E-state index in [2.05, 4.69) is 21.8 Å². The summed E-state index contributed by atoms with van der Waals surface area (Å²) in [6, 6.07) is 9.73. The molecule has 36 heavy (non-hydrogen) atoms. The molecule has 1 unspecified atom stereocenters. The number of anilines is 2. The summed E-state index contributed by atoms with van der Waals surface area (Å²) in [5.41, 5.74) is 2.41. The quantitative estimate of drug-likeness (QED) is 0.424. The summed E-state index contributed by atoms with van der Waals surface area (Å²) in [5.74, 6) is 1.20. The van der Waals surface area contributed by atoms with Gasteiger partial charge < -0.3 is 14.5 Å². The summed E-state index contributed by atoms with van der Waals surface area (Å²) in [4.78, 5) is 14.1. The number of hydrogen-bond acceptors (Lipinski definition) is 6. The van der Waals surface area contributed by atoms with E-state index in [1.165, 1.54) is 18.2 Å². The molecular weight excluding hydrogens is 462 g/mol. The van der Waals surface area contributed by atoms with E-state index < -0.39 is 11.4 Å². The first kappa shape index (κ1) is 21.7. The number of hydrogen-bond donors (Lipinski definition) is 0. The molecule has 184 valence electrons. The van der Waals surface area contributed by atoms with E-state index >= 15 is 0 Å². The number of halogens is 2. The van der Waals surface area contributed by atoms with Gasteiger partial charge in [-0.3, -0.25) is 0 Å². The van der Waals surface area contributed by atoms with Crippen LogP contribution < -0.4 is 9.80 Å². The summed E-state index contributed by atoms with van der Waals surface area (Å²) in [6.07, 6.45) is 7.45. The van der Waals surface area contributed by atoms with Crippen molar-refractivity contribution < 1.29 is 13.5 Å². The zero-order chi connectivity index (χ0) is 24.4. The van der Waals surface area contributed by atoms with Gasteiger partial charge in [0.05, 0.1) is 24.4 Å². The van der Waals surface area contributed by atoms with Gasteiger partial charge >= 0.3 is 0 Å². The minimum absolute atomic E-state index is 0.184. The lowest BCUT2D eigenvalue weighted by Gasteiger charge is -2.32. The van der Waals surface area contributed by atoms with Gasteiger partial charge in [0, 0.05) is 48.7 Å². The molecule has 1 saturated carbocycles. The van der Waals surface area contributed by atoms with Crippen LogP contribution in [0.25, 0.3) is 16.8 Å². The Balaban J connectivity index is 1.23. The fourth-order valence-electron chi connectivity index (χ4n) is 6.07. The van der Waals surface area contributed by atoms with Crippen molar-refractivity contribution in [3.05, 3.63) is 72.2 Å². The van der Waals surface area contributed by atoms with Crippen molar-refractivity contribution in [3.8, 4) is 11.1 Å². The molecule has 3 aromatic heterocycles. The maximum absolute atomic E-state index is 14.8. The molecule has 0 bridgehead atoms. The van der Waals surface area contributed by atoms with Crippen LogP contribution in [-0.4, -0.2) is 51.9 Å². The Bertz CT molecular complexity index is 1460. The second-order valence-electron chi connectivity index (χ2n) is 10.0. The fraction of sp³-hybridized carbons (Fsp3) is 0.370. The average Bonchev–Trinajstić information content (AvgIpc) is 3.27. The van der Waals surface area contributed by atoms with Crippen molar-refractivity contribution in [3.63, 3.8) is 0 Å². The van der Waals surface area contributed by atoms with Crippen molar-refractivity contribution in [2.45, 2.75) is 31.4 Å². The van der Waals surface area contributed by atoms with Gasteiger partial charge in [-0.05, 0) is 62.1 Å². The van der Waals surface area contributed by atoms with Crippen LogP contribution in [0, 0.1) is 17.6 Å². The van der Waals surface area contributed by atoms with Crippen LogP contribution in [0.15, 0.2) is 55.0 Å². The molecule has 9 heteroatoms. The molecule has 2 saturated heterocycles. The summed E-state index contributed by atoms with van der Waals surface area (Å²) in [6.45, 7) is 5.16. The Morgan fingerprint density at radius 2 is 1.97 bits per heavy atom. The molecule has 2 aliphatic heterocycles. The van der Waals surface area contributed by atoms with Gasteiger partial charge in [-0.2, -0.15) is 5.10 Å². The maximum atomic E-state index is 14.8. The topological polar surface area (TPSA) is 58.8 Å². The lowest BCUT2D eigenvalue weighted by molar-refractivity contribution is 0.0529. The first-order valence-electron chi connectivity index (χ1n) is 12.4. The predicted octanol–water partition coefficient (Wildman–Crippen LogP) is 4.42. The zero-order valence-electron chi connectivity index (χ0n) is 19.9. The Morgan fingerprint density at radius 3 is 2.78 bits per heavy atom. The molecule has 4 aromatic rings. The lowest BCUT2D eigenvalue weighted by atomic mass is 10.0. The number of pyridine rings is 1. The van der Waals surface area contributed by atoms with E-state index in [0.717, 1.165) is 55.2 Å². The van der Waals surface area contributed by atoms with E-state index in [-0.39, 0.29) is 11.9 Å². The second kappa shape index (κ2) is 7.96. The number of morpholine rings is 1. The highest BCUT2D eigenvalue weighted by molar-refractivity contribution is 5.78. The van der Waals surface area contributed by atoms with Gasteiger partial charge in [-0.25, -0.2) is 23.3 Å². The van der Waals surface area contributed by atoms with Crippen molar-refractivity contribution in [1.29, 1.82) is 0 Å². The first-order valence-corrected chi connectivity index (χ1v) is 12.4. The van der Waals surface area contributed by atoms with E-state index in [1.54, 1.807) is 10.7 Å². The molecule has 7 nitrogen and oxygen atoms in total. The highest BCUT2D eigenvalue weighted by Crippen LogP contribution is 2.63. The minimum Gasteiger partial charge on any atom is -0.375 e. The van der Waals surface area contributed by atoms with E-state index in [9.17, 15) is 8.78 Å². The number of fused-ring (bicyclic) bond motifs is 2. The molecule has 3 aliphatic rings. The van der Waals surface area contributed by atoms with Crippen LogP contribution in [-0.2, 0) is 10.3 Å². The monoisotopic (exact) mass is 488 g/mol. The third-order valence-corrected chi connectivity index (χ3v) is 7.91. The van der Waals surface area contributed by atoms with Crippen LogP contribution in [0.3, 0.4) is 0 Å². The zero-order valence-corrected chi connectivity index (χ0v) is 19.9. The van der Waals surface area contributed by atoms with Crippen LogP contribution in [0.5, 0.6) is 0 Å². The predicted molar refractivity (Wildman–Crippen MR) is 132 cm³/mol. The van der Waals surface area contributed by atoms with Gasteiger partial charge in [0.15, 0.2) is 5.65 Å². The Kier molecular flexibility index (Phi) is 4.79. The summed E-state index contributed by atoms with van der Waals surface area (Å²) < 4.78 is 36.3. The van der Waals surface area contributed by atoms with Crippen LogP contribution in [0.1, 0.15) is 25.3 Å². The van der Waals surface area contributed by atoms with Crippen molar-refractivity contribution in [2.75, 3.05) is 36.0 Å². The summed E-state index contributed by atoms with van der Waals surface area (Å²) in [5, 5.41) is 4.49. The normalized spacial score (nSPS) is 25.4. The van der Waals surface area contributed by atoms with Gasteiger partial charge in [0.2, 0.25) is 0 Å². The number of benzene rings is 1. The second-order valence-corrected chi connectivity index (χ2v) is 10.0. The van der Waals surface area contributed by atoms with E-state index in [0.29, 0.717) is 23.7 Å². The molecule has 7 rings (SSSR count). The van der Waals surface area contributed by atoms with E-state index in [1.807, 2.05) is 30.6 Å². The molecule has 0 N–H and O–H groups in total. The van der Waals surface area contributed by atoms with Gasteiger partial charge in [0.25, 0.3) is 0 Å². The van der Waals surface area contributed by atoms with Crippen LogP contribution in [0.4, 0.5) is 20.4 Å². The Morgan fingerprint density at radius 1 is 1.06 bits per heavy atom. The molecule has 3 fully saturated rings. The number of ether oxygens (including phenoxy) is 1. The molecule has 3 atom stereocenters. The smallest absolute Gasteiger partial charge is 0.165 e. The molecule has 0 amide bonds. The van der Waals surface area contributed by atoms with E-state index in [4.69, 9.17) is 14.7 Å². The molecule has 0 radical (unpaired) electrons. The van der Waals surface area contributed by atoms with Gasteiger partial charge in [-0.1, -0.05) is 0 Å². The highest BCUT2D eigenvalue weighted by Gasteiger charge is 2.64. The maximum Gasteiger partial charge on any atom is 0.165 e. The lowest BCUT2D eigenvalue weighted by Crippen LogP contribution is -2.41. The van der Waals surface area contributed by atoms with Gasteiger partial charge in [-0.15, -0.1) is 0 Å². The molecule has 1 aliphatic carbocycles. The SMILES string of the molecule is CC1CN(c2ccc(-c3cnn4ccc(N5CC[C@H]6C[C@]65c5cc(F)ccc5F)nc34)cn2)CCO1. The number of nitrogens with zero attached hydrogens (tertiary/aromatic N) is 6. The summed E-state index contributed by atoms with van der Waals surface area (Å²) in [7, 11) is 0. The van der Waals surface area contributed by atoms with Gasteiger partial charge in [0.1, 0.15) is 23.3 Å². The number of aromatic nitrogens is 4. The molecule has 1 aromatic carbocycles. The fourth-order valence-corrected chi connectivity index (χ4v) is 6.07. The first-order chi connectivity index (χ1) is 17.5. The van der Waals surface area contributed by atoms with Crippen molar-refractivity contribution in [2.24, 2.45) is 5.92 Å². The Labute approximate surface area is 207 Å². The third kappa shape index (κ3) is 3.29. The highest BCUT2D eigenvalue weighted by atomic mass is 19.1. The molecule has 5 heterocycles. The average molecular weight is 489 g/mol.